The molecule has 114 valence electrons. The molecule has 0 radical (unpaired) electrons. The van der Waals surface area contributed by atoms with E-state index in [1.54, 1.807) is 6.07 Å². The zero-order valence-corrected chi connectivity index (χ0v) is 12.2. The van der Waals surface area contributed by atoms with Gasteiger partial charge < -0.3 is 15.8 Å². The number of hydrogen-bond donors (Lipinski definition) is 2. The summed E-state index contributed by atoms with van der Waals surface area (Å²) in [7, 11) is 0. The summed E-state index contributed by atoms with van der Waals surface area (Å²) in [6.07, 6.45) is 1.07. The molecule has 0 aromatic heterocycles. The minimum atomic E-state index is -0.487. The van der Waals surface area contributed by atoms with Crippen LogP contribution in [0.1, 0.15) is 25.8 Å². The van der Waals surface area contributed by atoms with Crippen molar-refractivity contribution in [2.24, 2.45) is 22.7 Å². The summed E-state index contributed by atoms with van der Waals surface area (Å²) in [6, 6.07) is 4.48. The van der Waals surface area contributed by atoms with Gasteiger partial charge in [0.25, 0.3) is 5.69 Å². The first-order chi connectivity index (χ1) is 9.93. The molecule has 0 amide bonds. The lowest BCUT2D eigenvalue weighted by molar-refractivity contribution is -0.384. The first kappa shape index (κ1) is 15.1. The molecule has 1 heterocycles. The molecular weight excluding hydrogens is 272 g/mol. The SMILES string of the molecule is CC(C)C1CCN(c2ccc([N+](=O)[O-])cc2/C(N)=N/O)C1. The van der Waals surface area contributed by atoms with Crippen LogP contribution < -0.4 is 10.6 Å². The van der Waals surface area contributed by atoms with E-state index in [1.807, 2.05) is 0 Å². The van der Waals surface area contributed by atoms with Crippen LogP contribution in [0, 0.1) is 22.0 Å². The lowest BCUT2D eigenvalue weighted by Gasteiger charge is -2.22. The second-order valence-corrected chi connectivity index (χ2v) is 5.68. The molecule has 0 spiro atoms. The first-order valence-electron chi connectivity index (χ1n) is 6.95. The van der Waals surface area contributed by atoms with Crippen LogP contribution in [0.25, 0.3) is 0 Å². The maximum Gasteiger partial charge on any atom is 0.270 e. The number of nitrogens with two attached hydrogens (primary N) is 1. The fraction of sp³-hybridized carbons (Fsp3) is 0.500. The number of anilines is 1. The number of benzene rings is 1. The molecule has 0 saturated carbocycles. The summed E-state index contributed by atoms with van der Waals surface area (Å²) in [5, 5.41) is 22.8. The van der Waals surface area contributed by atoms with E-state index < -0.39 is 4.92 Å². The molecule has 1 fully saturated rings. The molecule has 21 heavy (non-hydrogen) atoms. The third-order valence-electron chi connectivity index (χ3n) is 4.08. The number of nitro groups is 1. The van der Waals surface area contributed by atoms with Gasteiger partial charge in [-0.25, -0.2) is 0 Å². The van der Waals surface area contributed by atoms with Crippen molar-refractivity contribution in [1.29, 1.82) is 0 Å². The van der Waals surface area contributed by atoms with Gasteiger partial charge in [-0.2, -0.15) is 0 Å². The fourth-order valence-corrected chi connectivity index (χ4v) is 2.72. The summed E-state index contributed by atoms with van der Waals surface area (Å²) < 4.78 is 0. The third kappa shape index (κ3) is 3.07. The third-order valence-corrected chi connectivity index (χ3v) is 4.08. The molecule has 1 atom stereocenters. The average molecular weight is 292 g/mol. The second-order valence-electron chi connectivity index (χ2n) is 5.68. The van der Waals surface area contributed by atoms with Gasteiger partial charge in [0.15, 0.2) is 5.84 Å². The quantitative estimate of drug-likeness (QED) is 0.291. The van der Waals surface area contributed by atoms with Gasteiger partial charge in [-0.15, -0.1) is 0 Å². The highest BCUT2D eigenvalue weighted by Gasteiger charge is 2.27. The van der Waals surface area contributed by atoms with Gasteiger partial charge in [-0.3, -0.25) is 10.1 Å². The minimum absolute atomic E-state index is 0.0695. The van der Waals surface area contributed by atoms with Gasteiger partial charge in [-0.1, -0.05) is 19.0 Å². The molecule has 1 unspecified atom stereocenters. The van der Waals surface area contributed by atoms with E-state index in [0.717, 1.165) is 25.2 Å². The maximum absolute atomic E-state index is 10.9. The fourth-order valence-electron chi connectivity index (χ4n) is 2.72. The largest absolute Gasteiger partial charge is 0.409 e. The highest BCUT2D eigenvalue weighted by molar-refractivity contribution is 6.02. The Kier molecular flexibility index (Phi) is 4.30. The van der Waals surface area contributed by atoms with Gasteiger partial charge in [-0.05, 0) is 24.3 Å². The molecule has 1 aliphatic heterocycles. The van der Waals surface area contributed by atoms with E-state index in [2.05, 4.69) is 23.9 Å². The number of amidine groups is 1. The molecule has 2 rings (SSSR count). The van der Waals surface area contributed by atoms with E-state index in [9.17, 15) is 10.1 Å². The first-order valence-corrected chi connectivity index (χ1v) is 6.95. The maximum atomic E-state index is 10.9. The summed E-state index contributed by atoms with van der Waals surface area (Å²) in [5.74, 6) is 1.06. The van der Waals surface area contributed by atoms with Gasteiger partial charge in [0.2, 0.25) is 0 Å². The van der Waals surface area contributed by atoms with Crippen molar-refractivity contribution in [3.8, 4) is 0 Å². The average Bonchev–Trinajstić information content (AvgIpc) is 2.95. The molecule has 1 aromatic carbocycles. The number of oxime groups is 1. The second kappa shape index (κ2) is 5.99. The van der Waals surface area contributed by atoms with Gasteiger partial charge in [0, 0.05) is 30.9 Å². The normalized spacial score (nSPS) is 19.3. The van der Waals surface area contributed by atoms with E-state index in [4.69, 9.17) is 10.9 Å². The van der Waals surface area contributed by atoms with Crippen molar-refractivity contribution in [3.05, 3.63) is 33.9 Å². The zero-order valence-electron chi connectivity index (χ0n) is 12.2. The summed E-state index contributed by atoms with van der Waals surface area (Å²) >= 11 is 0. The van der Waals surface area contributed by atoms with Crippen LogP contribution in [0.2, 0.25) is 0 Å². The van der Waals surface area contributed by atoms with E-state index >= 15 is 0 Å². The minimum Gasteiger partial charge on any atom is -0.409 e. The van der Waals surface area contributed by atoms with Crippen LogP contribution in [0.3, 0.4) is 0 Å². The van der Waals surface area contributed by atoms with E-state index in [1.165, 1.54) is 12.1 Å². The van der Waals surface area contributed by atoms with E-state index in [-0.39, 0.29) is 11.5 Å². The molecule has 7 nitrogen and oxygen atoms in total. The topological polar surface area (TPSA) is 105 Å². The van der Waals surface area contributed by atoms with Crippen molar-refractivity contribution in [2.75, 3.05) is 18.0 Å². The summed E-state index contributed by atoms with van der Waals surface area (Å²) in [4.78, 5) is 12.5. The Balaban J connectivity index is 2.37. The monoisotopic (exact) mass is 292 g/mol. The Labute approximate surface area is 123 Å². The predicted molar refractivity (Wildman–Crippen MR) is 80.8 cm³/mol. The van der Waals surface area contributed by atoms with Crippen molar-refractivity contribution < 1.29 is 10.1 Å². The number of non-ortho nitro benzene ring substituents is 1. The molecular formula is C14H20N4O3. The molecule has 1 saturated heterocycles. The van der Waals surface area contributed by atoms with E-state index in [0.29, 0.717) is 17.4 Å². The number of rotatable bonds is 4. The summed E-state index contributed by atoms with van der Waals surface area (Å²) in [6.45, 7) is 6.12. The lowest BCUT2D eigenvalue weighted by Crippen LogP contribution is -2.25. The smallest absolute Gasteiger partial charge is 0.270 e. The highest BCUT2D eigenvalue weighted by atomic mass is 16.6. The number of hydrogen-bond acceptors (Lipinski definition) is 5. The Morgan fingerprint density at radius 3 is 2.81 bits per heavy atom. The molecule has 0 bridgehead atoms. The Bertz CT molecular complexity index is 571. The standard InChI is InChI=1S/C14H20N4O3/c1-9(2)10-5-6-17(8-10)13-4-3-11(18(20)21)7-12(13)14(15)16-19/h3-4,7,9-10,19H,5-6,8H2,1-2H3,(H2,15,16). The molecule has 0 aliphatic carbocycles. The lowest BCUT2D eigenvalue weighted by atomic mass is 9.95. The Morgan fingerprint density at radius 1 is 1.57 bits per heavy atom. The van der Waals surface area contributed by atoms with Crippen LogP contribution in [0.5, 0.6) is 0 Å². The summed E-state index contributed by atoms with van der Waals surface area (Å²) in [5.41, 5.74) is 6.78. The zero-order chi connectivity index (χ0) is 15.6. The van der Waals surface area contributed by atoms with Gasteiger partial charge >= 0.3 is 0 Å². The van der Waals surface area contributed by atoms with Crippen molar-refractivity contribution >= 4 is 17.2 Å². The molecule has 7 heteroatoms. The van der Waals surface area contributed by atoms with Crippen molar-refractivity contribution in [3.63, 3.8) is 0 Å². The Morgan fingerprint density at radius 2 is 2.29 bits per heavy atom. The number of nitro benzene ring substituents is 1. The van der Waals surface area contributed by atoms with Crippen molar-refractivity contribution in [1.82, 2.24) is 0 Å². The van der Waals surface area contributed by atoms with Crippen LogP contribution in [0.4, 0.5) is 11.4 Å². The van der Waals surface area contributed by atoms with Crippen LogP contribution in [-0.4, -0.2) is 29.1 Å². The molecule has 1 aliphatic rings. The van der Waals surface area contributed by atoms with Crippen LogP contribution in [0.15, 0.2) is 23.4 Å². The van der Waals surface area contributed by atoms with Gasteiger partial charge in [0.05, 0.1) is 10.5 Å². The number of nitrogens with zero attached hydrogens (tertiary/aromatic N) is 3. The molecule has 3 N–H and O–H groups in total. The predicted octanol–water partition coefficient (Wildman–Crippen LogP) is 2.17. The molecule has 1 aromatic rings. The highest BCUT2D eigenvalue weighted by Crippen LogP contribution is 2.32. The van der Waals surface area contributed by atoms with Crippen LogP contribution >= 0.6 is 0 Å². The van der Waals surface area contributed by atoms with Crippen molar-refractivity contribution in [2.45, 2.75) is 20.3 Å². The van der Waals surface area contributed by atoms with Gasteiger partial charge in [0.1, 0.15) is 0 Å². The van der Waals surface area contributed by atoms with Crippen LogP contribution in [-0.2, 0) is 0 Å². The Hall–Kier alpha value is -2.31.